The Morgan fingerprint density at radius 3 is 2.26 bits per heavy atom. The van der Waals surface area contributed by atoms with Crippen LogP contribution < -0.4 is 4.74 Å². The highest BCUT2D eigenvalue weighted by Crippen LogP contribution is 2.30. The quantitative estimate of drug-likeness (QED) is 0.796. The minimum Gasteiger partial charge on any atom is -0.507 e. The largest absolute Gasteiger partial charge is 0.507 e. The van der Waals surface area contributed by atoms with Crippen LogP contribution in [0.3, 0.4) is 0 Å². The molecule has 0 spiro atoms. The van der Waals surface area contributed by atoms with Gasteiger partial charge in [0.15, 0.2) is 11.6 Å². The SMILES string of the molecule is COc1cc(O)c(C(=O)CC(C)(C)O)cc1C(C)=O. The van der Waals surface area contributed by atoms with Gasteiger partial charge < -0.3 is 14.9 Å². The van der Waals surface area contributed by atoms with Crippen molar-refractivity contribution in [3.63, 3.8) is 0 Å². The number of Topliss-reactive ketones (excluding diaryl/α,β-unsaturated/α-hetero) is 2. The van der Waals surface area contributed by atoms with Crippen LogP contribution in [0, 0.1) is 0 Å². The van der Waals surface area contributed by atoms with Crippen LogP contribution in [0.5, 0.6) is 11.5 Å². The number of rotatable bonds is 5. The van der Waals surface area contributed by atoms with Crippen molar-refractivity contribution >= 4 is 11.6 Å². The zero-order valence-electron chi connectivity index (χ0n) is 11.5. The van der Waals surface area contributed by atoms with Crippen molar-refractivity contribution in [2.24, 2.45) is 0 Å². The average Bonchev–Trinajstić information content (AvgIpc) is 2.25. The topological polar surface area (TPSA) is 83.8 Å². The lowest BCUT2D eigenvalue weighted by Gasteiger charge is -2.17. The minimum atomic E-state index is -1.18. The maximum Gasteiger partial charge on any atom is 0.169 e. The van der Waals surface area contributed by atoms with Crippen molar-refractivity contribution in [2.45, 2.75) is 32.8 Å². The van der Waals surface area contributed by atoms with E-state index >= 15 is 0 Å². The molecule has 0 fully saturated rings. The number of aliphatic hydroxyl groups is 1. The molecule has 2 N–H and O–H groups in total. The second-order valence-corrected chi connectivity index (χ2v) is 5.04. The van der Waals surface area contributed by atoms with Crippen LogP contribution in [0.25, 0.3) is 0 Å². The smallest absolute Gasteiger partial charge is 0.169 e. The van der Waals surface area contributed by atoms with E-state index in [-0.39, 0.29) is 34.8 Å². The van der Waals surface area contributed by atoms with Crippen LogP contribution >= 0.6 is 0 Å². The van der Waals surface area contributed by atoms with Gasteiger partial charge in [-0.2, -0.15) is 0 Å². The molecule has 0 aliphatic heterocycles. The number of hydrogen-bond donors (Lipinski definition) is 2. The fourth-order valence-corrected chi connectivity index (χ4v) is 1.72. The van der Waals surface area contributed by atoms with Crippen LogP contribution in [0.15, 0.2) is 12.1 Å². The van der Waals surface area contributed by atoms with E-state index < -0.39 is 11.4 Å². The number of hydrogen-bond acceptors (Lipinski definition) is 5. The van der Waals surface area contributed by atoms with E-state index in [0.717, 1.165) is 0 Å². The van der Waals surface area contributed by atoms with Gasteiger partial charge in [-0.15, -0.1) is 0 Å². The molecule has 0 radical (unpaired) electrons. The van der Waals surface area contributed by atoms with Gasteiger partial charge >= 0.3 is 0 Å². The van der Waals surface area contributed by atoms with Gasteiger partial charge in [-0.1, -0.05) is 0 Å². The summed E-state index contributed by atoms with van der Waals surface area (Å²) in [6.07, 6.45) is -0.149. The summed E-state index contributed by atoms with van der Waals surface area (Å²) < 4.78 is 4.98. The third kappa shape index (κ3) is 3.79. The number of carbonyl (C=O) groups is 2. The average molecular weight is 266 g/mol. The predicted molar refractivity (Wildman–Crippen MR) is 69.9 cm³/mol. The summed E-state index contributed by atoms with van der Waals surface area (Å²) in [5, 5.41) is 19.4. The molecule has 1 aromatic rings. The molecule has 0 aromatic heterocycles. The van der Waals surface area contributed by atoms with E-state index in [1.165, 1.54) is 40.0 Å². The Morgan fingerprint density at radius 2 is 1.84 bits per heavy atom. The van der Waals surface area contributed by atoms with Gasteiger partial charge in [0.2, 0.25) is 0 Å². The molecule has 0 aliphatic rings. The number of benzene rings is 1. The van der Waals surface area contributed by atoms with Crippen LogP contribution in [-0.4, -0.2) is 34.5 Å². The molecular formula is C14H18O5. The van der Waals surface area contributed by atoms with Gasteiger partial charge in [-0.25, -0.2) is 0 Å². The van der Waals surface area contributed by atoms with Gasteiger partial charge in [0, 0.05) is 12.5 Å². The number of aromatic hydroxyl groups is 1. The Hall–Kier alpha value is -1.88. The summed E-state index contributed by atoms with van der Waals surface area (Å²) in [6.45, 7) is 4.34. The van der Waals surface area contributed by atoms with E-state index in [9.17, 15) is 19.8 Å². The fourth-order valence-electron chi connectivity index (χ4n) is 1.72. The Labute approximate surface area is 111 Å². The Kier molecular flexibility index (Phi) is 4.32. The highest BCUT2D eigenvalue weighted by Gasteiger charge is 2.23. The lowest BCUT2D eigenvalue weighted by Crippen LogP contribution is -2.23. The van der Waals surface area contributed by atoms with E-state index in [2.05, 4.69) is 0 Å². The lowest BCUT2D eigenvalue weighted by molar-refractivity contribution is 0.0586. The lowest BCUT2D eigenvalue weighted by atomic mass is 9.95. The molecule has 0 amide bonds. The highest BCUT2D eigenvalue weighted by molar-refractivity contribution is 6.04. The molecule has 0 bridgehead atoms. The molecule has 0 saturated carbocycles. The molecule has 0 aliphatic carbocycles. The van der Waals surface area contributed by atoms with Gasteiger partial charge in [0.25, 0.3) is 0 Å². The number of ether oxygens (including phenoxy) is 1. The zero-order chi connectivity index (χ0) is 14.8. The molecule has 19 heavy (non-hydrogen) atoms. The highest BCUT2D eigenvalue weighted by atomic mass is 16.5. The van der Waals surface area contributed by atoms with Crippen LogP contribution in [0.4, 0.5) is 0 Å². The molecule has 0 unspecified atom stereocenters. The zero-order valence-corrected chi connectivity index (χ0v) is 11.5. The standard InChI is InChI=1S/C14H18O5/c1-8(15)9-5-10(11(16)6-13(9)19-4)12(17)7-14(2,3)18/h5-6,16,18H,7H2,1-4H3. The van der Waals surface area contributed by atoms with Gasteiger partial charge in [-0.3, -0.25) is 9.59 Å². The van der Waals surface area contributed by atoms with Gasteiger partial charge in [-0.05, 0) is 26.8 Å². The molecule has 0 atom stereocenters. The van der Waals surface area contributed by atoms with Crippen LogP contribution in [-0.2, 0) is 0 Å². The Morgan fingerprint density at radius 1 is 1.26 bits per heavy atom. The molecular weight excluding hydrogens is 248 g/mol. The predicted octanol–water partition coefficient (Wildman–Crippen LogP) is 1.95. The molecule has 0 heterocycles. The molecule has 0 saturated heterocycles. The normalized spacial score (nSPS) is 11.2. The summed E-state index contributed by atoms with van der Waals surface area (Å²) in [4.78, 5) is 23.5. The molecule has 1 aromatic carbocycles. The van der Waals surface area contributed by atoms with Crippen molar-refractivity contribution in [3.05, 3.63) is 23.3 Å². The van der Waals surface area contributed by atoms with Gasteiger partial charge in [0.1, 0.15) is 11.5 Å². The summed E-state index contributed by atoms with van der Waals surface area (Å²) >= 11 is 0. The van der Waals surface area contributed by atoms with Crippen molar-refractivity contribution in [3.8, 4) is 11.5 Å². The third-order valence-corrected chi connectivity index (χ3v) is 2.59. The first-order valence-electron chi connectivity index (χ1n) is 5.83. The maximum absolute atomic E-state index is 12.0. The number of carbonyl (C=O) groups excluding carboxylic acids is 2. The van der Waals surface area contributed by atoms with E-state index in [1.807, 2.05) is 0 Å². The van der Waals surface area contributed by atoms with E-state index in [0.29, 0.717) is 0 Å². The number of phenols is 1. The number of phenolic OH excluding ortho intramolecular Hbond substituents is 1. The first-order valence-corrected chi connectivity index (χ1v) is 5.83. The molecule has 5 heteroatoms. The van der Waals surface area contributed by atoms with E-state index in [1.54, 1.807) is 0 Å². The molecule has 1 rings (SSSR count). The number of ketones is 2. The third-order valence-electron chi connectivity index (χ3n) is 2.59. The fraction of sp³-hybridized carbons (Fsp3) is 0.429. The van der Waals surface area contributed by atoms with Crippen molar-refractivity contribution in [1.82, 2.24) is 0 Å². The second kappa shape index (κ2) is 5.40. The van der Waals surface area contributed by atoms with Gasteiger partial charge in [0.05, 0.1) is 23.8 Å². The van der Waals surface area contributed by atoms with Crippen LogP contribution in [0.1, 0.15) is 47.9 Å². The van der Waals surface area contributed by atoms with Crippen molar-refractivity contribution < 1.29 is 24.5 Å². The van der Waals surface area contributed by atoms with Crippen LogP contribution in [0.2, 0.25) is 0 Å². The van der Waals surface area contributed by atoms with E-state index in [4.69, 9.17) is 4.74 Å². The Bertz CT molecular complexity index is 511. The van der Waals surface area contributed by atoms with Crippen molar-refractivity contribution in [2.75, 3.05) is 7.11 Å². The summed E-state index contributed by atoms with van der Waals surface area (Å²) in [6, 6.07) is 2.53. The number of methoxy groups -OCH3 is 1. The monoisotopic (exact) mass is 266 g/mol. The minimum absolute atomic E-state index is 0.00752. The first kappa shape index (κ1) is 15.2. The molecule has 104 valence electrons. The second-order valence-electron chi connectivity index (χ2n) is 5.04. The molecule has 5 nitrogen and oxygen atoms in total. The van der Waals surface area contributed by atoms with Crippen molar-refractivity contribution in [1.29, 1.82) is 0 Å². The summed E-state index contributed by atoms with van der Waals surface area (Å²) in [5.41, 5.74) is -0.952. The first-order chi connectivity index (χ1) is 8.65. The summed E-state index contributed by atoms with van der Waals surface area (Å²) in [7, 11) is 1.37. The maximum atomic E-state index is 12.0. The summed E-state index contributed by atoms with van der Waals surface area (Å²) in [5.74, 6) is -0.759. The Balaban J connectivity index is 3.26.